The van der Waals surface area contributed by atoms with Crippen LogP contribution < -0.4 is 5.32 Å². The second kappa shape index (κ2) is 4.85. The summed E-state index contributed by atoms with van der Waals surface area (Å²) in [6, 6.07) is 6.46. The fourth-order valence-corrected chi connectivity index (χ4v) is 3.44. The standard InChI is InChI=1S/C15H20N2O2/c1-10(18)16-12-6-7-17(9-12)15-5-2-11-8-13(19)3-4-14(11)15/h3-4,8,12,15,19H,2,5-7,9H2,1H3,(H,16,18). The van der Waals surface area contributed by atoms with Crippen LogP contribution in [0.5, 0.6) is 5.75 Å². The van der Waals surface area contributed by atoms with Gasteiger partial charge in [0, 0.05) is 32.1 Å². The van der Waals surface area contributed by atoms with Crippen LogP contribution in [0.15, 0.2) is 18.2 Å². The van der Waals surface area contributed by atoms with Crippen LogP contribution in [0.4, 0.5) is 0 Å². The summed E-state index contributed by atoms with van der Waals surface area (Å²) < 4.78 is 0. The van der Waals surface area contributed by atoms with Crippen LogP contribution in [0.3, 0.4) is 0 Å². The summed E-state index contributed by atoms with van der Waals surface area (Å²) in [7, 11) is 0. The van der Waals surface area contributed by atoms with Gasteiger partial charge in [0.1, 0.15) is 5.75 Å². The number of amides is 1. The maximum Gasteiger partial charge on any atom is 0.217 e. The molecule has 1 saturated heterocycles. The fourth-order valence-electron chi connectivity index (χ4n) is 3.44. The molecule has 0 spiro atoms. The maximum absolute atomic E-state index is 11.1. The topological polar surface area (TPSA) is 52.6 Å². The first kappa shape index (κ1) is 12.5. The first-order valence-electron chi connectivity index (χ1n) is 6.96. The molecule has 3 rings (SSSR count). The molecule has 19 heavy (non-hydrogen) atoms. The molecule has 2 aliphatic rings. The third-order valence-corrected chi connectivity index (χ3v) is 4.24. The van der Waals surface area contributed by atoms with Crippen molar-refractivity contribution >= 4 is 5.91 Å². The highest BCUT2D eigenvalue weighted by molar-refractivity contribution is 5.73. The van der Waals surface area contributed by atoms with Crippen LogP contribution in [0.25, 0.3) is 0 Å². The molecular weight excluding hydrogens is 240 g/mol. The summed E-state index contributed by atoms with van der Waals surface area (Å²) in [5.74, 6) is 0.417. The number of carbonyl (C=O) groups is 1. The summed E-state index contributed by atoms with van der Waals surface area (Å²) in [6.45, 7) is 3.55. The van der Waals surface area contributed by atoms with Gasteiger partial charge in [-0.2, -0.15) is 0 Å². The molecule has 0 radical (unpaired) electrons. The molecule has 0 saturated carbocycles. The van der Waals surface area contributed by atoms with E-state index in [1.807, 2.05) is 12.1 Å². The van der Waals surface area contributed by atoms with Crippen molar-refractivity contribution in [3.63, 3.8) is 0 Å². The van der Waals surface area contributed by atoms with E-state index in [9.17, 15) is 9.90 Å². The Labute approximate surface area is 113 Å². The molecular formula is C15H20N2O2. The van der Waals surface area contributed by atoms with Crippen molar-refractivity contribution in [1.29, 1.82) is 0 Å². The lowest BCUT2D eigenvalue weighted by Crippen LogP contribution is -2.36. The van der Waals surface area contributed by atoms with Crippen molar-refractivity contribution in [2.75, 3.05) is 13.1 Å². The molecule has 2 N–H and O–H groups in total. The lowest BCUT2D eigenvalue weighted by atomic mass is 10.1. The average molecular weight is 260 g/mol. The number of fused-ring (bicyclic) bond motifs is 1. The third kappa shape index (κ3) is 2.45. The van der Waals surface area contributed by atoms with Gasteiger partial charge < -0.3 is 10.4 Å². The highest BCUT2D eigenvalue weighted by Gasteiger charge is 2.33. The van der Waals surface area contributed by atoms with Crippen molar-refractivity contribution in [3.05, 3.63) is 29.3 Å². The normalized spacial score (nSPS) is 26.4. The predicted octanol–water partition coefficient (Wildman–Crippen LogP) is 1.59. The number of nitrogens with one attached hydrogen (secondary N) is 1. The smallest absolute Gasteiger partial charge is 0.217 e. The SMILES string of the molecule is CC(=O)NC1CCN(C2CCc3cc(O)ccc32)C1. The number of phenols is 1. The number of rotatable bonds is 2. The number of benzene rings is 1. The summed E-state index contributed by atoms with van der Waals surface area (Å²) in [4.78, 5) is 13.6. The van der Waals surface area contributed by atoms with Gasteiger partial charge in [0.2, 0.25) is 5.91 Å². The van der Waals surface area contributed by atoms with Crippen LogP contribution in [-0.2, 0) is 11.2 Å². The zero-order chi connectivity index (χ0) is 13.4. The van der Waals surface area contributed by atoms with Crippen LogP contribution in [0, 0.1) is 0 Å². The molecule has 1 aromatic rings. The van der Waals surface area contributed by atoms with E-state index in [0.717, 1.165) is 32.4 Å². The second-order valence-corrected chi connectivity index (χ2v) is 5.62. The zero-order valence-electron chi connectivity index (χ0n) is 11.2. The van der Waals surface area contributed by atoms with E-state index in [1.165, 1.54) is 11.1 Å². The van der Waals surface area contributed by atoms with Crippen molar-refractivity contribution in [3.8, 4) is 5.75 Å². The first-order chi connectivity index (χ1) is 9.13. The van der Waals surface area contributed by atoms with Gasteiger partial charge in [0.05, 0.1) is 0 Å². The quantitative estimate of drug-likeness (QED) is 0.849. The molecule has 0 aromatic heterocycles. The second-order valence-electron chi connectivity index (χ2n) is 5.62. The van der Waals surface area contributed by atoms with Gasteiger partial charge in [-0.1, -0.05) is 6.07 Å². The van der Waals surface area contributed by atoms with Gasteiger partial charge in [0.25, 0.3) is 0 Å². The zero-order valence-corrected chi connectivity index (χ0v) is 11.2. The predicted molar refractivity (Wildman–Crippen MR) is 73.0 cm³/mol. The number of aromatic hydroxyl groups is 1. The lowest BCUT2D eigenvalue weighted by molar-refractivity contribution is -0.119. The molecule has 4 nitrogen and oxygen atoms in total. The minimum Gasteiger partial charge on any atom is -0.508 e. The lowest BCUT2D eigenvalue weighted by Gasteiger charge is -2.25. The van der Waals surface area contributed by atoms with E-state index >= 15 is 0 Å². The molecule has 2 unspecified atom stereocenters. The van der Waals surface area contributed by atoms with Crippen molar-refractivity contribution in [2.24, 2.45) is 0 Å². The molecule has 2 atom stereocenters. The number of likely N-dealkylation sites (tertiary alicyclic amines) is 1. The molecule has 1 heterocycles. The van der Waals surface area contributed by atoms with Crippen molar-refractivity contribution in [1.82, 2.24) is 10.2 Å². The summed E-state index contributed by atoms with van der Waals surface area (Å²) in [5.41, 5.74) is 2.62. The Bertz CT molecular complexity index is 501. The summed E-state index contributed by atoms with van der Waals surface area (Å²) in [5, 5.41) is 12.5. The highest BCUT2D eigenvalue weighted by Crippen LogP contribution is 2.38. The van der Waals surface area contributed by atoms with Crippen LogP contribution >= 0.6 is 0 Å². The van der Waals surface area contributed by atoms with E-state index in [0.29, 0.717) is 17.8 Å². The Morgan fingerprint density at radius 1 is 1.42 bits per heavy atom. The number of aryl methyl sites for hydroxylation is 1. The Kier molecular flexibility index (Phi) is 3.19. The molecule has 1 aliphatic heterocycles. The van der Waals surface area contributed by atoms with Crippen molar-refractivity contribution < 1.29 is 9.90 Å². The number of hydrogen-bond donors (Lipinski definition) is 2. The number of phenolic OH excluding ortho intramolecular Hbond substituents is 1. The van der Waals surface area contributed by atoms with Gasteiger partial charge in [-0.25, -0.2) is 0 Å². The Balaban J connectivity index is 1.71. The van der Waals surface area contributed by atoms with E-state index in [4.69, 9.17) is 0 Å². The average Bonchev–Trinajstić information content (AvgIpc) is 2.93. The Hall–Kier alpha value is -1.55. The van der Waals surface area contributed by atoms with E-state index in [1.54, 1.807) is 13.0 Å². The highest BCUT2D eigenvalue weighted by atomic mass is 16.3. The van der Waals surface area contributed by atoms with Gasteiger partial charge in [-0.3, -0.25) is 9.69 Å². The van der Waals surface area contributed by atoms with E-state index in [-0.39, 0.29) is 5.91 Å². The van der Waals surface area contributed by atoms with Crippen LogP contribution in [0.1, 0.15) is 36.9 Å². The summed E-state index contributed by atoms with van der Waals surface area (Å²) in [6.07, 6.45) is 3.19. The molecule has 0 bridgehead atoms. The fraction of sp³-hybridized carbons (Fsp3) is 0.533. The summed E-state index contributed by atoms with van der Waals surface area (Å²) >= 11 is 0. The van der Waals surface area contributed by atoms with Gasteiger partial charge in [-0.05, 0) is 42.5 Å². The molecule has 1 fully saturated rings. The largest absolute Gasteiger partial charge is 0.508 e. The number of carbonyl (C=O) groups excluding carboxylic acids is 1. The van der Waals surface area contributed by atoms with Gasteiger partial charge in [-0.15, -0.1) is 0 Å². The number of hydrogen-bond acceptors (Lipinski definition) is 3. The minimum absolute atomic E-state index is 0.0589. The molecule has 4 heteroatoms. The van der Waals surface area contributed by atoms with Crippen LogP contribution in [-0.4, -0.2) is 35.0 Å². The molecule has 1 aromatic carbocycles. The maximum atomic E-state index is 11.1. The third-order valence-electron chi connectivity index (χ3n) is 4.24. The first-order valence-corrected chi connectivity index (χ1v) is 6.96. The van der Waals surface area contributed by atoms with Gasteiger partial charge in [0.15, 0.2) is 0 Å². The van der Waals surface area contributed by atoms with Gasteiger partial charge >= 0.3 is 0 Å². The number of nitrogens with zero attached hydrogens (tertiary/aromatic N) is 1. The van der Waals surface area contributed by atoms with E-state index < -0.39 is 0 Å². The molecule has 102 valence electrons. The van der Waals surface area contributed by atoms with Crippen LogP contribution in [0.2, 0.25) is 0 Å². The Morgan fingerprint density at radius 3 is 3.05 bits per heavy atom. The monoisotopic (exact) mass is 260 g/mol. The molecule has 1 aliphatic carbocycles. The van der Waals surface area contributed by atoms with E-state index in [2.05, 4.69) is 10.2 Å². The minimum atomic E-state index is 0.0589. The molecule has 1 amide bonds. The Morgan fingerprint density at radius 2 is 2.26 bits per heavy atom. The van der Waals surface area contributed by atoms with Crippen molar-refractivity contribution in [2.45, 2.75) is 38.3 Å².